The minimum Gasteiger partial charge on any atom is -0.207 e. The molecule has 0 aliphatic carbocycles. The highest BCUT2D eigenvalue weighted by Crippen LogP contribution is 2.38. The summed E-state index contributed by atoms with van der Waals surface area (Å²) in [6.07, 6.45) is 0.302. The zero-order valence-electron chi connectivity index (χ0n) is 15.3. The van der Waals surface area contributed by atoms with E-state index in [1.54, 1.807) is 36.4 Å². The van der Waals surface area contributed by atoms with Crippen molar-refractivity contribution in [3.05, 3.63) is 101 Å². The summed E-state index contributed by atoms with van der Waals surface area (Å²) in [6.45, 7) is 1.98. The largest absolute Gasteiger partial charge is 0.279 e. The molecule has 0 unspecified atom stereocenters. The predicted molar refractivity (Wildman–Crippen MR) is 107 cm³/mol. The van der Waals surface area contributed by atoms with E-state index in [2.05, 4.69) is 5.10 Å². The van der Waals surface area contributed by atoms with Crippen LogP contribution >= 0.6 is 0 Å². The minimum absolute atomic E-state index is 0.130. The second kappa shape index (κ2) is 7.20. The fraction of sp³-hybridized carbons (Fsp3) is 0.136. The zero-order chi connectivity index (χ0) is 19.7. The molecule has 0 saturated carbocycles. The first-order chi connectivity index (χ1) is 13.5. The molecule has 1 heterocycles. The Labute approximate surface area is 164 Å². The molecule has 3 aromatic rings. The first-order valence-electron chi connectivity index (χ1n) is 8.95. The van der Waals surface area contributed by atoms with Gasteiger partial charge in [0.25, 0.3) is 10.0 Å². The van der Waals surface area contributed by atoms with E-state index in [9.17, 15) is 12.8 Å². The summed E-state index contributed by atoms with van der Waals surface area (Å²) in [4.78, 5) is 0.130. The molecule has 1 aliphatic rings. The third-order valence-corrected chi connectivity index (χ3v) is 6.51. The quantitative estimate of drug-likeness (QED) is 0.645. The Morgan fingerprint density at radius 2 is 1.57 bits per heavy atom. The smallest absolute Gasteiger partial charge is 0.207 e. The van der Waals surface area contributed by atoms with E-state index in [4.69, 9.17) is 0 Å². The average Bonchev–Trinajstić information content (AvgIpc) is 3.15. The van der Waals surface area contributed by atoms with Crippen LogP contribution in [0.3, 0.4) is 0 Å². The van der Waals surface area contributed by atoms with Crippen LogP contribution in [-0.4, -0.2) is 18.5 Å². The van der Waals surface area contributed by atoms with Crippen LogP contribution in [-0.2, 0) is 10.0 Å². The van der Waals surface area contributed by atoms with Crippen molar-refractivity contribution in [2.24, 2.45) is 5.10 Å². The molecule has 6 heteroatoms. The lowest BCUT2D eigenvalue weighted by atomic mass is 9.98. The monoisotopic (exact) mass is 394 g/mol. The first-order valence-corrected chi connectivity index (χ1v) is 10.4. The molecule has 0 aromatic heterocycles. The molecule has 4 rings (SSSR count). The van der Waals surface area contributed by atoms with Gasteiger partial charge in [-0.3, -0.25) is 0 Å². The number of hydrogen-bond donors (Lipinski definition) is 0. The van der Waals surface area contributed by atoms with E-state index in [1.165, 1.54) is 18.2 Å². The van der Waals surface area contributed by atoms with Crippen molar-refractivity contribution in [2.75, 3.05) is 0 Å². The van der Waals surface area contributed by atoms with Crippen molar-refractivity contribution in [1.82, 2.24) is 4.41 Å². The summed E-state index contributed by atoms with van der Waals surface area (Å²) < 4.78 is 42.1. The van der Waals surface area contributed by atoms with Gasteiger partial charge in [-0.25, -0.2) is 4.39 Å². The highest BCUT2D eigenvalue weighted by atomic mass is 32.2. The molecule has 28 heavy (non-hydrogen) atoms. The second-order valence-corrected chi connectivity index (χ2v) is 8.54. The fourth-order valence-electron chi connectivity index (χ4n) is 3.31. The molecule has 1 aliphatic heterocycles. The Bertz CT molecular complexity index is 1130. The van der Waals surface area contributed by atoms with Crippen LogP contribution in [0, 0.1) is 12.7 Å². The maximum atomic E-state index is 14.5. The summed E-state index contributed by atoms with van der Waals surface area (Å²) in [5.74, 6) is -0.443. The van der Waals surface area contributed by atoms with E-state index >= 15 is 0 Å². The fourth-order valence-corrected chi connectivity index (χ4v) is 4.75. The molecule has 0 saturated heterocycles. The van der Waals surface area contributed by atoms with E-state index in [1.807, 2.05) is 31.2 Å². The highest BCUT2D eigenvalue weighted by Gasteiger charge is 2.38. The van der Waals surface area contributed by atoms with Gasteiger partial charge in [-0.15, -0.1) is 0 Å². The standard InChI is InChI=1S/C22H19FN2O2S/c1-16-11-13-17(14-12-16)21-15-22(19-9-5-6-10-20(19)23)25(24-21)28(26,27)18-7-3-2-4-8-18/h2-14,22H,15H2,1H3/t22-/m0/s1. The van der Waals surface area contributed by atoms with E-state index < -0.39 is 21.9 Å². The van der Waals surface area contributed by atoms with Crippen LogP contribution in [0.2, 0.25) is 0 Å². The maximum absolute atomic E-state index is 14.5. The number of rotatable bonds is 4. The summed E-state index contributed by atoms with van der Waals surface area (Å²) >= 11 is 0. The summed E-state index contributed by atoms with van der Waals surface area (Å²) in [6, 6.07) is 21.3. The van der Waals surface area contributed by atoms with Gasteiger partial charge >= 0.3 is 0 Å². The number of sulfonamides is 1. The SMILES string of the molecule is Cc1ccc(C2=NN(S(=O)(=O)c3ccccc3)[C@H](c3ccccc3F)C2)cc1. The van der Waals surface area contributed by atoms with Crippen LogP contribution in [0.1, 0.15) is 29.2 Å². The number of nitrogens with zero attached hydrogens (tertiary/aromatic N) is 2. The van der Waals surface area contributed by atoms with Gasteiger partial charge in [-0.05, 0) is 30.7 Å². The Morgan fingerprint density at radius 3 is 2.25 bits per heavy atom. The van der Waals surface area contributed by atoms with E-state index in [0.29, 0.717) is 17.7 Å². The van der Waals surface area contributed by atoms with E-state index in [-0.39, 0.29) is 4.90 Å². The van der Waals surface area contributed by atoms with Crippen molar-refractivity contribution in [1.29, 1.82) is 0 Å². The van der Waals surface area contributed by atoms with Gasteiger partial charge < -0.3 is 0 Å². The summed E-state index contributed by atoms with van der Waals surface area (Å²) in [7, 11) is -3.92. The Morgan fingerprint density at radius 1 is 0.929 bits per heavy atom. The van der Waals surface area contributed by atoms with Crippen LogP contribution in [0.4, 0.5) is 4.39 Å². The van der Waals surface area contributed by atoms with Gasteiger partial charge in [-0.1, -0.05) is 66.2 Å². The molecule has 142 valence electrons. The molecule has 0 bridgehead atoms. The second-order valence-electron chi connectivity index (χ2n) is 6.74. The number of aryl methyl sites for hydroxylation is 1. The normalized spacial score (nSPS) is 16.9. The van der Waals surface area contributed by atoms with Crippen LogP contribution in [0.25, 0.3) is 0 Å². The predicted octanol–water partition coefficient (Wildman–Crippen LogP) is 4.67. The van der Waals surface area contributed by atoms with Gasteiger partial charge in [0, 0.05) is 12.0 Å². The van der Waals surface area contributed by atoms with Crippen LogP contribution in [0.5, 0.6) is 0 Å². The highest BCUT2D eigenvalue weighted by molar-refractivity contribution is 7.89. The van der Waals surface area contributed by atoms with Crippen molar-refractivity contribution in [3.63, 3.8) is 0 Å². The lowest BCUT2D eigenvalue weighted by Gasteiger charge is -2.23. The Kier molecular flexibility index (Phi) is 4.73. The van der Waals surface area contributed by atoms with Gasteiger partial charge in [0.15, 0.2) is 0 Å². The molecule has 0 fully saturated rings. The third kappa shape index (κ3) is 3.31. The molecular formula is C22H19FN2O2S. The molecule has 4 nitrogen and oxygen atoms in total. The molecular weight excluding hydrogens is 375 g/mol. The van der Waals surface area contributed by atoms with Gasteiger partial charge in [0.1, 0.15) is 5.82 Å². The van der Waals surface area contributed by atoms with Crippen LogP contribution in [0.15, 0.2) is 88.9 Å². The average molecular weight is 394 g/mol. The lowest BCUT2D eigenvalue weighted by Crippen LogP contribution is -2.27. The van der Waals surface area contributed by atoms with E-state index in [0.717, 1.165) is 15.5 Å². The Balaban J connectivity index is 1.82. The third-order valence-electron chi connectivity index (χ3n) is 4.81. The number of benzene rings is 3. The first kappa shape index (κ1) is 18.4. The Hall–Kier alpha value is -2.99. The summed E-state index contributed by atoms with van der Waals surface area (Å²) in [5.41, 5.74) is 2.86. The number of hydrazone groups is 1. The molecule has 0 amide bonds. The van der Waals surface area contributed by atoms with Crippen molar-refractivity contribution >= 4 is 15.7 Å². The molecule has 0 N–H and O–H groups in total. The van der Waals surface area contributed by atoms with Gasteiger partial charge in [-0.2, -0.15) is 17.9 Å². The summed E-state index contributed by atoms with van der Waals surface area (Å²) in [5, 5.41) is 4.43. The number of hydrogen-bond acceptors (Lipinski definition) is 3. The number of halogens is 1. The van der Waals surface area contributed by atoms with Crippen molar-refractivity contribution in [3.8, 4) is 0 Å². The maximum Gasteiger partial charge on any atom is 0.279 e. The van der Waals surface area contributed by atoms with Gasteiger partial charge in [0.05, 0.1) is 16.6 Å². The lowest BCUT2D eigenvalue weighted by molar-refractivity contribution is 0.362. The topological polar surface area (TPSA) is 49.7 Å². The molecule has 0 spiro atoms. The van der Waals surface area contributed by atoms with Crippen molar-refractivity contribution in [2.45, 2.75) is 24.3 Å². The van der Waals surface area contributed by atoms with Gasteiger partial charge in [0.2, 0.25) is 0 Å². The van der Waals surface area contributed by atoms with Crippen molar-refractivity contribution < 1.29 is 12.8 Å². The molecule has 0 radical (unpaired) electrons. The van der Waals surface area contributed by atoms with Crippen LogP contribution < -0.4 is 0 Å². The molecule has 3 aromatic carbocycles. The molecule has 1 atom stereocenters. The zero-order valence-corrected chi connectivity index (χ0v) is 16.1. The minimum atomic E-state index is -3.92.